The molecule has 1 aromatic rings. The van der Waals surface area contributed by atoms with Gasteiger partial charge in [0, 0.05) is 19.2 Å². The minimum atomic E-state index is -0.799. The number of aryl methyl sites for hydroxylation is 1. The summed E-state index contributed by atoms with van der Waals surface area (Å²) in [5.74, 6) is -1.17. The van der Waals surface area contributed by atoms with Crippen molar-refractivity contribution in [2.75, 3.05) is 19.7 Å². The summed E-state index contributed by atoms with van der Waals surface area (Å²) in [6.45, 7) is 5.10. The fourth-order valence-corrected chi connectivity index (χ4v) is 3.10. The van der Waals surface area contributed by atoms with Crippen molar-refractivity contribution in [3.8, 4) is 0 Å². The highest BCUT2D eigenvalue weighted by molar-refractivity contribution is 7.80. The molecule has 1 aliphatic heterocycles. The largest absolute Gasteiger partial charge is 0.466 e. The number of thiocarbonyl (C=S) groups is 1. The number of benzene rings is 1. The van der Waals surface area contributed by atoms with Crippen LogP contribution in [0.4, 0.5) is 0 Å². The molecule has 1 atom stereocenters. The molecule has 0 aromatic heterocycles. The Bertz CT molecular complexity index is 777. The Balaban J connectivity index is 1.94. The van der Waals surface area contributed by atoms with E-state index in [2.05, 4.69) is 10.6 Å². The third-order valence-electron chi connectivity index (χ3n) is 4.45. The number of nitrogens with zero attached hydrogens (tertiary/aromatic N) is 1. The van der Waals surface area contributed by atoms with E-state index in [-0.39, 0.29) is 17.4 Å². The SMILES string of the molecule is CCCCOC(=O)CC1C(=O)NCCN1C(=S)NC(=O)C=Cc1ccc(C)cc1. The normalized spacial score (nSPS) is 16.4. The molecule has 0 aliphatic carbocycles. The summed E-state index contributed by atoms with van der Waals surface area (Å²) in [7, 11) is 0. The third-order valence-corrected chi connectivity index (χ3v) is 4.78. The Morgan fingerprint density at radius 1 is 1.34 bits per heavy atom. The first-order valence-electron chi connectivity index (χ1n) is 9.70. The van der Waals surface area contributed by atoms with E-state index >= 15 is 0 Å². The lowest BCUT2D eigenvalue weighted by atomic mass is 10.1. The first kappa shape index (κ1) is 22.5. The van der Waals surface area contributed by atoms with Crippen LogP contribution in [0.3, 0.4) is 0 Å². The number of nitrogens with one attached hydrogen (secondary N) is 2. The van der Waals surface area contributed by atoms with Gasteiger partial charge in [0.25, 0.3) is 0 Å². The quantitative estimate of drug-likeness (QED) is 0.305. The number of ether oxygens (including phenoxy) is 1. The molecule has 1 aliphatic rings. The number of carbonyl (C=O) groups excluding carboxylic acids is 3. The number of piperazine rings is 1. The van der Waals surface area contributed by atoms with Crippen molar-refractivity contribution in [1.29, 1.82) is 0 Å². The third kappa shape index (κ3) is 7.30. The van der Waals surface area contributed by atoms with Crippen molar-refractivity contribution in [3.63, 3.8) is 0 Å². The van der Waals surface area contributed by atoms with Gasteiger partial charge in [0.05, 0.1) is 13.0 Å². The molecule has 2 rings (SSSR count). The summed E-state index contributed by atoms with van der Waals surface area (Å²) in [5, 5.41) is 5.44. The molecule has 1 fully saturated rings. The van der Waals surface area contributed by atoms with Crippen LogP contribution in [0, 0.1) is 6.92 Å². The highest BCUT2D eigenvalue weighted by Gasteiger charge is 2.34. The highest BCUT2D eigenvalue weighted by Crippen LogP contribution is 2.11. The molecule has 2 N–H and O–H groups in total. The van der Waals surface area contributed by atoms with Crippen molar-refractivity contribution in [2.24, 2.45) is 0 Å². The van der Waals surface area contributed by atoms with E-state index in [1.807, 2.05) is 38.1 Å². The molecular formula is C21H27N3O4S. The van der Waals surface area contributed by atoms with Crippen LogP contribution in [0.5, 0.6) is 0 Å². The van der Waals surface area contributed by atoms with E-state index in [1.165, 1.54) is 6.08 Å². The van der Waals surface area contributed by atoms with Gasteiger partial charge in [0.1, 0.15) is 6.04 Å². The topological polar surface area (TPSA) is 87.7 Å². The maximum Gasteiger partial charge on any atom is 0.308 e. The second-order valence-corrected chi connectivity index (χ2v) is 7.20. The van der Waals surface area contributed by atoms with Gasteiger partial charge in [-0.05, 0) is 37.2 Å². The Hall–Kier alpha value is -2.74. The van der Waals surface area contributed by atoms with Crippen molar-refractivity contribution < 1.29 is 19.1 Å². The molecular weight excluding hydrogens is 390 g/mol. The van der Waals surface area contributed by atoms with E-state index in [9.17, 15) is 14.4 Å². The predicted molar refractivity (Wildman–Crippen MR) is 115 cm³/mol. The Kier molecular flexibility index (Phi) is 8.79. The fraction of sp³-hybridized carbons (Fsp3) is 0.429. The molecule has 29 heavy (non-hydrogen) atoms. The summed E-state index contributed by atoms with van der Waals surface area (Å²) in [4.78, 5) is 38.1. The first-order chi connectivity index (χ1) is 13.9. The molecule has 1 aromatic carbocycles. The lowest BCUT2D eigenvalue weighted by molar-refractivity contribution is -0.147. The zero-order valence-electron chi connectivity index (χ0n) is 16.8. The Morgan fingerprint density at radius 2 is 2.07 bits per heavy atom. The summed E-state index contributed by atoms with van der Waals surface area (Å²) in [6, 6.07) is 6.93. The maximum atomic E-state index is 12.3. The zero-order chi connectivity index (χ0) is 21.2. The number of carbonyl (C=O) groups is 3. The standard InChI is InChI=1S/C21H27N3O4S/c1-3-4-13-28-19(26)14-17-20(27)22-11-12-24(17)21(29)23-18(25)10-9-16-7-5-15(2)6-8-16/h5-10,17H,3-4,11-14H2,1-2H3,(H,22,27)(H,23,25,29). The number of hydrogen-bond donors (Lipinski definition) is 2. The maximum absolute atomic E-state index is 12.3. The van der Waals surface area contributed by atoms with Crippen molar-refractivity contribution >= 4 is 41.2 Å². The number of amides is 2. The smallest absolute Gasteiger partial charge is 0.308 e. The highest BCUT2D eigenvalue weighted by atomic mass is 32.1. The average molecular weight is 418 g/mol. The molecule has 156 valence electrons. The fourth-order valence-electron chi connectivity index (χ4n) is 2.78. The number of unbranched alkanes of at least 4 members (excludes halogenated alkanes) is 1. The van der Waals surface area contributed by atoms with Crippen LogP contribution in [-0.2, 0) is 19.1 Å². The van der Waals surface area contributed by atoms with E-state index in [0.29, 0.717) is 19.7 Å². The van der Waals surface area contributed by atoms with Crippen LogP contribution in [0.25, 0.3) is 6.08 Å². The molecule has 0 radical (unpaired) electrons. The second kappa shape index (κ2) is 11.3. The van der Waals surface area contributed by atoms with Crippen molar-refractivity contribution in [1.82, 2.24) is 15.5 Å². The van der Waals surface area contributed by atoms with Crippen LogP contribution in [-0.4, -0.2) is 53.5 Å². The van der Waals surface area contributed by atoms with E-state index in [4.69, 9.17) is 17.0 Å². The molecule has 7 nitrogen and oxygen atoms in total. The number of hydrogen-bond acceptors (Lipinski definition) is 5. The van der Waals surface area contributed by atoms with Gasteiger partial charge in [0.2, 0.25) is 11.8 Å². The van der Waals surface area contributed by atoms with Gasteiger partial charge in [-0.3, -0.25) is 19.7 Å². The summed E-state index contributed by atoms with van der Waals surface area (Å²) >= 11 is 5.32. The van der Waals surface area contributed by atoms with Crippen LogP contribution >= 0.6 is 12.2 Å². The van der Waals surface area contributed by atoms with Gasteiger partial charge in [-0.1, -0.05) is 43.2 Å². The van der Waals surface area contributed by atoms with Gasteiger partial charge >= 0.3 is 5.97 Å². The molecule has 1 saturated heterocycles. The van der Waals surface area contributed by atoms with Gasteiger partial charge in [-0.15, -0.1) is 0 Å². The van der Waals surface area contributed by atoms with Gasteiger partial charge in [-0.2, -0.15) is 0 Å². The van der Waals surface area contributed by atoms with Crippen molar-refractivity contribution in [3.05, 3.63) is 41.5 Å². The van der Waals surface area contributed by atoms with Gasteiger partial charge in [-0.25, -0.2) is 0 Å². The summed E-state index contributed by atoms with van der Waals surface area (Å²) < 4.78 is 5.15. The molecule has 0 spiro atoms. The molecule has 0 bridgehead atoms. The lowest BCUT2D eigenvalue weighted by Gasteiger charge is -2.36. The van der Waals surface area contributed by atoms with Crippen LogP contribution in [0.15, 0.2) is 30.3 Å². The van der Waals surface area contributed by atoms with E-state index in [0.717, 1.165) is 24.0 Å². The lowest BCUT2D eigenvalue weighted by Crippen LogP contribution is -2.60. The first-order valence-corrected chi connectivity index (χ1v) is 10.1. The Morgan fingerprint density at radius 3 is 2.76 bits per heavy atom. The molecule has 0 saturated carbocycles. The minimum Gasteiger partial charge on any atom is -0.466 e. The molecule has 1 heterocycles. The van der Waals surface area contributed by atoms with Gasteiger partial charge in [0.15, 0.2) is 5.11 Å². The number of esters is 1. The second-order valence-electron chi connectivity index (χ2n) is 6.82. The van der Waals surface area contributed by atoms with Gasteiger partial charge < -0.3 is 15.0 Å². The van der Waals surface area contributed by atoms with Crippen LogP contribution < -0.4 is 10.6 Å². The summed E-state index contributed by atoms with van der Waals surface area (Å²) in [5.41, 5.74) is 2.03. The van der Waals surface area contributed by atoms with E-state index in [1.54, 1.807) is 11.0 Å². The minimum absolute atomic E-state index is 0.116. The molecule has 1 unspecified atom stereocenters. The van der Waals surface area contributed by atoms with E-state index < -0.39 is 17.9 Å². The molecule has 2 amide bonds. The number of rotatable bonds is 7. The zero-order valence-corrected chi connectivity index (χ0v) is 17.6. The van der Waals surface area contributed by atoms with Crippen molar-refractivity contribution in [2.45, 2.75) is 39.2 Å². The summed E-state index contributed by atoms with van der Waals surface area (Å²) in [6.07, 6.45) is 4.63. The molecule has 8 heteroatoms. The average Bonchev–Trinajstić information content (AvgIpc) is 2.69. The Labute approximate surface area is 176 Å². The predicted octanol–water partition coefficient (Wildman–Crippen LogP) is 1.94. The van der Waals surface area contributed by atoms with Crippen LogP contribution in [0.2, 0.25) is 0 Å². The monoisotopic (exact) mass is 417 g/mol. The van der Waals surface area contributed by atoms with Crippen LogP contribution in [0.1, 0.15) is 37.3 Å².